The highest BCUT2D eigenvalue weighted by atomic mass is 16.7. The molecule has 4 heterocycles. The van der Waals surface area contributed by atoms with E-state index in [9.17, 15) is 4.79 Å². The standard InChI is InChI=1S/C16H12NO4/c18-16-12-4-13-11-5-15-14(20-8-21-15)3-9(11)1-2-17(13)6-10(12)7-19-16/h3-6H,1-2,7-8H2/q+1. The average molecular weight is 282 g/mol. The van der Waals surface area contributed by atoms with Crippen LogP contribution in [0.5, 0.6) is 11.5 Å². The summed E-state index contributed by atoms with van der Waals surface area (Å²) >= 11 is 0. The number of hydrogen-bond acceptors (Lipinski definition) is 4. The van der Waals surface area contributed by atoms with E-state index in [2.05, 4.69) is 4.57 Å². The van der Waals surface area contributed by atoms with Crippen molar-refractivity contribution in [3.63, 3.8) is 0 Å². The summed E-state index contributed by atoms with van der Waals surface area (Å²) in [6.07, 6.45) is 2.97. The van der Waals surface area contributed by atoms with E-state index in [4.69, 9.17) is 14.2 Å². The fraction of sp³-hybridized carbons (Fsp3) is 0.250. The maximum atomic E-state index is 11.8. The Morgan fingerprint density at radius 2 is 1.81 bits per heavy atom. The van der Waals surface area contributed by atoms with Crippen LogP contribution in [0, 0.1) is 0 Å². The van der Waals surface area contributed by atoms with Gasteiger partial charge in [0.15, 0.2) is 24.2 Å². The second-order valence-electron chi connectivity index (χ2n) is 5.48. The van der Waals surface area contributed by atoms with E-state index >= 15 is 0 Å². The van der Waals surface area contributed by atoms with Gasteiger partial charge in [0.25, 0.3) is 0 Å². The molecule has 0 spiro atoms. The van der Waals surface area contributed by atoms with Gasteiger partial charge in [-0.05, 0) is 17.7 Å². The summed E-state index contributed by atoms with van der Waals surface area (Å²) in [6.45, 7) is 1.54. The van der Waals surface area contributed by atoms with Gasteiger partial charge in [-0.15, -0.1) is 0 Å². The van der Waals surface area contributed by atoms with Gasteiger partial charge in [-0.3, -0.25) is 0 Å². The van der Waals surface area contributed by atoms with Crippen LogP contribution in [0.15, 0.2) is 24.4 Å². The van der Waals surface area contributed by atoms with Crippen molar-refractivity contribution in [2.75, 3.05) is 6.79 Å². The molecule has 3 aliphatic rings. The Hall–Kier alpha value is -2.56. The van der Waals surface area contributed by atoms with Gasteiger partial charge in [0.2, 0.25) is 12.5 Å². The minimum Gasteiger partial charge on any atom is -0.457 e. The Balaban J connectivity index is 1.75. The lowest BCUT2D eigenvalue weighted by atomic mass is 9.95. The molecule has 5 heteroatoms. The SMILES string of the molecule is O=C1OCc2c[n+]3c(cc21)-c1cc2c(cc1CC3)OCO2. The van der Waals surface area contributed by atoms with Crippen molar-refractivity contribution < 1.29 is 23.6 Å². The van der Waals surface area contributed by atoms with Crippen LogP contribution in [0.4, 0.5) is 0 Å². The zero-order valence-corrected chi connectivity index (χ0v) is 11.2. The van der Waals surface area contributed by atoms with Crippen LogP contribution >= 0.6 is 0 Å². The van der Waals surface area contributed by atoms with E-state index in [1.165, 1.54) is 5.56 Å². The molecule has 0 fully saturated rings. The number of carbonyl (C=O) groups is 1. The highest BCUT2D eigenvalue weighted by Crippen LogP contribution is 2.40. The second-order valence-corrected chi connectivity index (χ2v) is 5.48. The fourth-order valence-electron chi connectivity index (χ4n) is 3.25. The third-order valence-electron chi connectivity index (χ3n) is 4.32. The second kappa shape index (κ2) is 3.75. The maximum absolute atomic E-state index is 11.8. The van der Waals surface area contributed by atoms with Gasteiger partial charge in [0.05, 0.1) is 16.7 Å². The number of carbonyl (C=O) groups excluding carboxylic acids is 1. The van der Waals surface area contributed by atoms with Crippen molar-refractivity contribution in [3.05, 3.63) is 41.1 Å². The summed E-state index contributed by atoms with van der Waals surface area (Å²) in [5.74, 6) is 1.34. The van der Waals surface area contributed by atoms with Gasteiger partial charge in [0, 0.05) is 12.5 Å². The quantitative estimate of drug-likeness (QED) is 0.544. The zero-order valence-electron chi connectivity index (χ0n) is 11.2. The van der Waals surface area contributed by atoms with Gasteiger partial charge >= 0.3 is 5.97 Å². The smallest absolute Gasteiger partial charge is 0.339 e. The molecular formula is C16H12NO4+. The summed E-state index contributed by atoms with van der Waals surface area (Å²) in [7, 11) is 0. The first-order valence-corrected chi connectivity index (χ1v) is 6.96. The third-order valence-corrected chi connectivity index (χ3v) is 4.32. The Kier molecular flexibility index (Phi) is 1.99. The number of pyridine rings is 1. The van der Waals surface area contributed by atoms with Crippen LogP contribution in [0.1, 0.15) is 21.5 Å². The topological polar surface area (TPSA) is 48.6 Å². The lowest BCUT2D eigenvalue weighted by Crippen LogP contribution is -2.40. The molecule has 3 aliphatic heterocycles. The summed E-state index contributed by atoms with van der Waals surface area (Å²) in [6, 6.07) is 5.99. The average Bonchev–Trinajstić information content (AvgIpc) is 3.10. The van der Waals surface area contributed by atoms with Crippen molar-refractivity contribution in [2.45, 2.75) is 19.6 Å². The zero-order chi connectivity index (χ0) is 14.0. The molecule has 2 aromatic rings. The van der Waals surface area contributed by atoms with Gasteiger partial charge in [0.1, 0.15) is 6.61 Å². The number of benzene rings is 1. The number of cyclic esters (lactones) is 1. The van der Waals surface area contributed by atoms with E-state index in [0.717, 1.165) is 41.3 Å². The lowest BCUT2D eigenvalue weighted by Gasteiger charge is -2.15. The summed E-state index contributed by atoms with van der Waals surface area (Å²) in [5.41, 5.74) is 5.01. The normalized spacial score (nSPS) is 17.0. The van der Waals surface area contributed by atoms with Gasteiger partial charge in [-0.25, -0.2) is 4.79 Å². The Labute approximate surface area is 120 Å². The predicted molar refractivity (Wildman–Crippen MR) is 71.0 cm³/mol. The molecule has 104 valence electrons. The fourth-order valence-corrected chi connectivity index (χ4v) is 3.25. The van der Waals surface area contributed by atoms with Gasteiger partial charge < -0.3 is 14.2 Å². The Bertz CT molecular complexity index is 812. The highest BCUT2D eigenvalue weighted by Gasteiger charge is 2.32. The Morgan fingerprint density at radius 3 is 2.71 bits per heavy atom. The van der Waals surface area contributed by atoms with Crippen LogP contribution in [0.3, 0.4) is 0 Å². The maximum Gasteiger partial charge on any atom is 0.339 e. The molecule has 0 saturated carbocycles. The van der Waals surface area contributed by atoms with Crippen molar-refractivity contribution in [1.82, 2.24) is 0 Å². The first-order chi connectivity index (χ1) is 10.3. The van der Waals surface area contributed by atoms with Crippen LogP contribution in [0.25, 0.3) is 11.3 Å². The van der Waals surface area contributed by atoms with Crippen molar-refractivity contribution >= 4 is 5.97 Å². The molecule has 0 bridgehead atoms. The molecule has 0 saturated heterocycles. The summed E-state index contributed by atoms with van der Waals surface area (Å²) in [5, 5.41) is 0. The number of aromatic nitrogens is 1. The molecule has 21 heavy (non-hydrogen) atoms. The molecule has 1 aromatic carbocycles. The van der Waals surface area contributed by atoms with E-state index < -0.39 is 0 Å². The first kappa shape index (κ1) is 11.1. The highest BCUT2D eigenvalue weighted by molar-refractivity contribution is 5.94. The largest absolute Gasteiger partial charge is 0.457 e. The molecular weight excluding hydrogens is 270 g/mol. The predicted octanol–water partition coefficient (Wildman–Crippen LogP) is 1.60. The van der Waals surface area contributed by atoms with Crippen LogP contribution in [-0.4, -0.2) is 12.8 Å². The number of nitrogens with zero attached hydrogens (tertiary/aromatic N) is 1. The molecule has 0 atom stereocenters. The molecule has 0 amide bonds. The summed E-state index contributed by atoms with van der Waals surface area (Å²) < 4.78 is 18.2. The van der Waals surface area contributed by atoms with Crippen molar-refractivity contribution in [2.24, 2.45) is 0 Å². The molecule has 0 radical (unpaired) electrons. The lowest BCUT2D eigenvalue weighted by molar-refractivity contribution is -0.688. The number of ether oxygens (including phenoxy) is 3. The minimum atomic E-state index is -0.235. The number of fused-ring (bicyclic) bond motifs is 5. The molecule has 0 aliphatic carbocycles. The van der Waals surface area contributed by atoms with E-state index in [-0.39, 0.29) is 12.8 Å². The van der Waals surface area contributed by atoms with Crippen LogP contribution in [-0.2, 0) is 24.3 Å². The molecule has 1 aromatic heterocycles. The minimum absolute atomic E-state index is 0.235. The van der Waals surface area contributed by atoms with Crippen LogP contribution < -0.4 is 14.0 Å². The Morgan fingerprint density at radius 1 is 0.952 bits per heavy atom. The van der Waals surface area contributed by atoms with Crippen molar-refractivity contribution in [3.8, 4) is 22.8 Å². The van der Waals surface area contributed by atoms with Gasteiger partial charge in [-0.2, -0.15) is 4.57 Å². The van der Waals surface area contributed by atoms with Crippen molar-refractivity contribution in [1.29, 1.82) is 0 Å². The third kappa shape index (κ3) is 1.46. The number of aryl methyl sites for hydroxylation is 2. The summed E-state index contributed by atoms with van der Waals surface area (Å²) in [4.78, 5) is 11.8. The number of rotatable bonds is 0. The monoisotopic (exact) mass is 282 g/mol. The number of hydrogen-bond donors (Lipinski definition) is 0. The number of esters is 1. The molecule has 5 rings (SSSR count). The van der Waals surface area contributed by atoms with E-state index in [0.29, 0.717) is 12.2 Å². The van der Waals surface area contributed by atoms with Gasteiger partial charge in [-0.1, -0.05) is 0 Å². The van der Waals surface area contributed by atoms with E-state index in [1.54, 1.807) is 0 Å². The van der Waals surface area contributed by atoms with E-state index in [1.807, 2.05) is 24.4 Å². The molecule has 0 unspecified atom stereocenters. The molecule has 5 nitrogen and oxygen atoms in total. The van der Waals surface area contributed by atoms with Crippen LogP contribution in [0.2, 0.25) is 0 Å². The first-order valence-electron chi connectivity index (χ1n) is 6.96. The molecule has 0 N–H and O–H groups in total.